The summed E-state index contributed by atoms with van der Waals surface area (Å²) in [5.41, 5.74) is 5.14. The summed E-state index contributed by atoms with van der Waals surface area (Å²) >= 11 is 0. The minimum Gasteiger partial charge on any atom is -0.469 e. The SMILES string of the molecule is COC(=O)[C@H]1CCCN(C(=O)C(CC(C)C)NC(N)=O)C1. The molecule has 1 unspecified atom stereocenters. The lowest BCUT2D eigenvalue weighted by Crippen LogP contribution is -2.53. The maximum Gasteiger partial charge on any atom is 0.312 e. The minimum atomic E-state index is -0.712. The second-order valence-corrected chi connectivity index (χ2v) is 5.84. The fourth-order valence-corrected chi connectivity index (χ4v) is 2.62. The summed E-state index contributed by atoms with van der Waals surface area (Å²) in [5, 5.41) is 2.50. The third kappa shape index (κ3) is 5.24. The molecule has 3 N–H and O–H groups in total. The van der Waals surface area contributed by atoms with Gasteiger partial charge in [-0.05, 0) is 25.2 Å². The van der Waals surface area contributed by atoms with Gasteiger partial charge >= 0.3 is 12.0 Å². The molecule has 1 fully saturated rings. The van der Waals surface area contributed by atoms with E-state index in [1.807, 2.05) is 13.8 Å². The summed E-state index contributed by atoms with van der Waals surface area (Å²) in [6.07, 6.45) is 1.98. The Kier molecular flexibility index (Phi) is 6.45. The quantitative estimate of drug-likeness (QED) is 0.721. The number of nitrogens with one attached hydrogen (secondary N) is 1. The van der Waals surface area contributed by atoms with E-state index < -0.39 is 12.1 Å². The molecule has 0 saturated carbocycles. The molecule has 1 heterocycles. The molecule has 0 aromatic heterocycles. The van der Waals surface area contributed by atoms with Crippen LogP contribution in [0.3, 0.4) is 0 Å². The van der Waals surface area contributed by atoms with Crippen molar-refractivity contribution in [2.75, 3.05) is 20.2 Å². The van der Waals surface area contributed by atoms with Gasteiger partial charge in [0.1, 0.15) is 6.04 Å². The number of primary amides is 1. The molecule has 120 valence electrons. The van der Waals surface area contributed by atoms with Crippen molar-refractivity contribution >= 4 is 17.9 Å². The molecule has 7 heteroatoms. The van der Waals surface area contributed by atoms with Crippen LogP contribution in [0.1, 0.15) is 33.1 Å². The third-order valence-corrected chi connectivity index (χ3v) is 3.59. The monoisotopic (exact) mass is 299 g/mol. The van der Waals surface area contributed by atoms with Crippen LogP contribution in [0.4, 0.5) is 4.79 Å². The molecule has 21 heavy (non-hydrogen) atoms. The molecule has 0 radical (unpaired) electrons. The van der Waals surface area contributed by atoms with Gasteiger partial charge in [-0.25, -0.2) is 4.79 Å². The van der Waals surface area contributed by atoms with Crippen LogP contribution >= 0.6 is 0 Å². The highest BCUT2D eigenvalue weighted by molar-refractivity contribution is 5.87. The number of ether oxygens (including phenoxy) is 1. The Bertz CT molecular complexity index is 398. The van der Waals surface area contributed by atoms with Crippen molar-refractivity contribution in [2.24, 2.45) is 17.6 Å². The molecular formula is C14H25N3O4. The summed E-state index contributed by atoms with van der Waals surface area (Å²) in [5.74, 6) is -0.528. The third-order valence-electron chi connectivity index (χ3n) is 3.59. The van der Waals surface area contributed by atoms with E-state index in [2.05, 4.69) is 5.32 Å². The molecule has 0 spiro atoms. The number of carbonyl (C=O) groups is 3. The van der Waals surface area contributed by atoms with E-state index in [0.29, 0.717) is 25.9 Å². The Labute approximate surface area is 125 Å². The molecule has 2 atom stereocenters. The summed E-state index contributed by atoms with van der Waals surface area (Å²) in [6, 6.07) is -1.35. The molecule has 0 aromatic carbocycles. The first-order valence-electron chi connectivity index (χ1n) is 7.27. The average molecular weight is 299 g/mol. The number of nitrogens with two attached hydrogens (primary N) is 1. The van der Waals surface area contributed by atoms with Gasteiger partial charge in [0.25, 0.3) is 0 Å². The van der Waals surface area contributed by atoms with Crippen LogP contribution in [0.15, 0.2) is 0 Å². The van der Waals surface area contributed by atoms with E-state index in [4.69, 9.17) is 10.5 Å². The molecule has 1 saturated heterocycles. The predicted molar refractivity (Wildman–Crippen MR) is 77.3 cm³/mol. The Balaban J connectivity index is 2.72. The number of esters is 1. The number of urea groups is 1. The van der Waals surface area contributed by atoms with Gasteiger partial charge in [-0.3, -0.25) is 9.59 Å². The molecule has 1 rings (SSSR count). The smallest absolute Gasteiger partial charge is 0.312 e. The van der Waals surface area contributed by atoms with Gasteiger partial charge in [0.15, 0.2) is 0 Å². The van der Waals surface area contributed by atoms with E-state index in [-0.39, 0.29) is 23.7 Å². The zero-order valence-electron chi connectivity index (χ0n) is 12.9. The average Bonchev–Trinajstić information content (AvgIpc) is 2.44. The summed E-state index contributed by atoms with van der Waals surface area (Å²) in [7, 11) is 1.35. The Morgan fingerprint density at radius 3 is 2.57 bits per heavy atom. The molecule has 1 aliphatic heterocycles. The molecule has 1 aliphatic rings. The number of amides is 3. The molecule has 7 nitrogen and oxygen atoms in total. The lowest BCUT2D eigenvalue weighted by Gasteiger charge is -2.34. The number of rotatable bonds is 5. The highest BCUT2D eigenvalue weighted by Crippen LogP contribution is 2.19. The lowest BCUT2D eigenvalue weighted by molar-refractivity contribution is -0.149. The van der Waals surface area contributed by atoms with Gasteiger partial charge < -0.3 is 20.7 Å². The Hall–Kier alpha value is -1.79. The molecule has 3 amide bonds. The van der Waals surface area contributed by atoms with Gasteiger partial charge in [0.2, 0.25) is 5.91 Å². The number of piperidine rings is 1. The predicted octanol–water partition coefficient (Wildman–Crippen LogP) is 0.481. The van der Waals surface area contributed by atoms with E-state index in [0.717, 1.165) is 6.42 Å². The number of hydrogen-bond acceptors (Lipinski definition) is 4. The lowest BCUT2D eigenvalue weighted by atomic mass is 9.96. The zero-order chi connectivity index (χ0) is 16.0. The van der Waals surface area contributed by atoms with Gasteiger partial charge in [-0.1, -0.05) is 13.8 Å². The summed E-state index contributed by atoms with van der Waals surface area (Å²) in [6.45, 7) is 4.86. The van der Waals surface area contributed by atoms with E-state index in [9.17, 15) is 14.4 Å². The van der Waals surface area contributed by atoms with Crippen molar-refractivity contribution in [2.45, 2.75) is 39.2 Å². The standard InChI is InChI=1S/C14H25N3O4/c1-9(2)7-11(16-14(15)20)12(18)17-6-4-5-10(8-17)13(19)21-3/h9-11H,4-8H2,1-3H3,(H3,15,16,20)/t10-,11?/m0/s1. The first-order valence-corrected chi connectivity index (χ1v) is 7.27. The van der Waals surface area contributed by atoms with Crippen LogP contribution < -0.4 is 11.1 Å². The number of nitrogens with zero attached hydrogens (tertiary/aromatic N) is 1. The highest BCUT2D eigenvalue weighted by Gasteiger charge is 2.32. The van der Waals surface area contributed by atoms with Gasteiger partial charge in [0, 0.05) is 13.1 Å². The number of hydrogen-bond donors (Lipinski definition) is 2. The fourth-order valence-electron chi connectivity index (χ4n) is 2.62. The van der Waals surface area contributed by atoms with Crippen LogP contribution in [0, 0.1) is 11.8 Å². The largest absolute Gasteiger partial charge is 0.469 e. The van der Waals surface area contributed by atoms with Gasteiger partial charge in [-0.2, -0.15) is 0 Å². The first kappa shape index (κ1) is 17.3. The molecule has 0 aliphatic carbocycles. The molecule has 0 aromatic rings. The van der Waals surface area contributed by atoms with E-state index in [1.165, 1.54) is 7.11 Å². The van der Waals surface area contributed by atoms with Gasteiger partial charge in [0.05, 0.1) is 13.0 Å². The highest BCUT2D eigenvalue weighted by atomic mass is 16.5. The van der Waals surface area contributed by atoms with Gasteiger partial charge in [-0.15, -0.1) is 0 Å². The maximum atomic E-state index is 12.5. The first-order chi connectivity index (χ1) is 9.85. The van der Waals surface area contributed by atoms with Crippen molar-refractivity contribution < 1.29 is 19.1 Å². The second-order valence-electron chi connectivity index (χ2n) is 5.84. The van der Waals surface area contributed by atoms with Crippen LogP contribution in [0.2, 0.25) is 0 Å². The van der Waals surface area contributed by atoms with Crippen LogP contribution in [0.25, 0.3) is 0 Å². The molecular weight excluding hydrogens is 274 g/mol. The van der Waals surface area contributed by atoms with Crippen LogP contribution in [-0.4, -0.2) is 49.0 Å². The zero-order valence-corrected chi connectivity index (χ0v) is 12.9. The van der Waals surface area contributed by atoms with Crippen molar-refractivity contribution in [1.29, 1.82) is 0 Å². The van der Waals surface area contributed by atoms with Crippen molar-refractivity contribution in [3.63, 3.8) is 0 Å². The minimum absolute atomic E-state index is 0.184. The van der Waals surface area contributed by atoms with E-state index >= 15 is 0 Å². The Morgan fingerprint density at radius 1 is 1.38 bits per heavy atom. The van der Waals surface area contributed by atoms with Crippen molar-refractivity contribution in [3.8, 4) is 0 Å². The number of carbonyl (C=O) groups excluding carboxylic acids is 3. The van der Waals surface area contributed by atoms with Crippen molar-refractivity contribution in [3.05, 3.63) is 0 Å². The summed E-state index contributed by atoms with van der Waals surface area (Å²) < 4.78 is 4.74. The fraction of sp³-hybridized carbons (Fsp3) is 0.786. The Morgan fingerprint density at radius 2 is 2.05 bits per heavy atom. The van der Waals surface area contributed by atoms with Crippen LogP contribution in [0.5, 0.6) is 0 Å². The molecule has 0 bridgehead atoms. The van der Waals surface area contributed by atoms with E-state index in [1.54, 1.807) is 4.90 Å². The number of likely N-dealkylation sites (tertiary alicyclic amines) is 1. The van der Waals surface area contributed by atoms with Crippen LogP contribution in [-0.2, 0) is 14.3 Å². The normalized spacial score (nSPS) is 20.0. The van der Waals surface area contributed by atoms with Crippen molar-refractivity contribution in [1.82, 2.24) is 10.2 Å². The topological polar surface area (TPSA) is 102 Å². The summed E-state index contributed by atoms with van der Waals surface area (Å²) in [4.78, 5) is 36.8. The maximum absolute atomic E-state index is 12.5. The number of methoxy groups -OCH3 is 1. The second kappa shape index (κ2) is 7.85.